The number of carbonyl (C=O) groups excluding carboxylic acids is 1. The summed E-state index contributed by atoms with van der Waals surface area (Å²) < 4.78 is 2.43. The van der Waals surface area contributed by atoms with Gasteiger partial charge in [0.2, 0.25) is 5.91 Å². The highest BCUT2D eigenvalue weighted by Crippen LogP contribution is 2.43. The van der Waals surface area contributed by atoms with Crippen molar-refractivity contribution < 1.29 is 4.79 Å². The number of likely N-dealkylation sites (tertiary alicyclic amines) is 1. The molecular formula is C20H25N3OS. The molecule has 2 aromatic rings. The molecule has 1 saturated heterocycles. The third-order valence-corrected chi connectivity index (χ3v) is 7.25. The smallest absolute Gasteiger partial charge is 0.232 e. The van der Waals surface area contributed by atoms with Crippen LogP contribution in [0.2, 0.25) is 0 Å². The second-order valence-electron chi connectivity index (χ2n) is 7.77. The molecule has 1 amide bonds. The Morgan fingerprint density at radius 3 is 2.64 bits per heavy atom. The first-order valence-corrected chi connectivity index (χ1v) is 10.7. The number of imidazole rings is 1. The molecule has 1 aromatic carbocycles. The number of rotatable bonds is 5. The van der Waals surface area contributed by atoms with Crippen LogP contribution in [-0.4, -0.2) is 44.5 Å². The average molecular weight is 356 g/mol. The molecule has 25 heavy (non-hydrogen) atoms. The predicted molar refractivity (Wildman–Crippen MR) is 102 cm³/mol. The van der Waals surface area contributed by atoms with Gasteiger partial charge >= 0.3 is 0 Å². The quantitative estimate of drug-likeness (QED) is 0.814. The van der Waals surface area contributed by atoms with Gasteiger partial charge in [0.15, 0.2) is 0 Å². The van der Waals surface area contributed by atoms with E-state index >= 15 is 0 Å². The van der Waals surface area contributed by atoms with Gasteiger partial charge in [-0.25, -0.2) is 4.98 Å². The van der Waals surface area contributed by atoms with Crippen LogP contribution in [0.4, 0.5) is 0 Å². The van der Waals surface area contributed by atoms with E-state index in [0.717, 1.165) is 23.9 Å². The number of thioether (sulfide) groups is 1. The van der Waals surface area contributed by atoms with Gasteiger partial charge in [-0.3, -0.25) is 4.79 Å². The van der Waals surface area contributed by atoms with Gasteiger partial charge < -0.3 is 9.47 Å². The summed E-state index contributed by atoms with van der Waals surface area (Å²) >= 11 is 1.88. The van der Waals surface area contributed by atoms with Crippen molar-refractivity contribution in [2.45, 2.75) is 55.7 Å². The fraction of sp³-hybridized carbons (Fsp3) is 0.600. The first-order chi connectivity index (χ1) is 12.3. The topological polar surface area (TPSA) is 38.1 Å². The number of hydrogen-bond donors (Lipinski definition) is 0. The molecule has 2 heterocycles. The summed E-state index contributed by atoms with van der Waals surface area (Å²) in [6.45, 7) is 1.70. The van der Waals surface area contributed by atoms with Crippen LogP contribution < -0.4 is 0 Å². The Morgan fingerprint density at radius 1 is 1.12 bits per heavy atom. The number of fused-ring (bicyclic) bond motifs is 1. The van der Waals surface area contributed by atoms with Crippen molar-refractivity contribution in [2.75, 3.05) is 18.8 Å². The minimum atomic E-state index is 0.325. The molecular weight excluding hydrogens is 330 g/mol. The Kier molecular flexibility index (Phi) is 4.00. The van der Waals surface area contributed by atoms with Gasteiger partial charge in [-0.1, -0.05) is 25.0 Å². The molecule has 5 rings (SSSR count). The van der Waals surface area contributed by atoms with E-state index in [2.05, 4.69) is 28.8 Å². The third-order valence-electron chi connectivity index (χ3n) is 5.89. The fourth-order valence-corrected chi connectivity index (χ4v) is 5.46. The minimum Gasteiger partial charge on any atom is -0.338 e. The van der Waals surface area contributed by atoms with Crippen LogP contribution in [0.3, 0.4) is 0 Å². The van der Waals surface area contributed by atoms with Crippen LogP contribution in [0, 0.1) is 0 Å². The monoisotopic (exact) mass is 355 g/mol. The van der Waals surface area contributed by atoms with Crippen molar-refractivity contribution in [3.63, 3.8) is 0 Å². The Bertz CT molecular complexity index is 785. The molecule has 0 radical (unpaired) electrons. The lowest BCUT2D eigenvalue weighted by molar-refractivity contribution is -0.133. The fourth-order valence-electron chi connectivity index (χ4n) is 4.23. The Labute approximate surface area is 153 Å². The molecule has 0 bridgehead atoms. The van der Waals surface area contributed by atoms with E-state index < -0.39 is 0 Å². The largest absolute Gasteiger partial charge is 0.338 e. The normalized spacial score (nSPS) is 21.8. The van der Waals surface area contributed by atoms with Crippen LogP contribution in [0.15, 0.2) is 24.3 Å². The second-order valence-corrected chi connectivity index (χ2v) is 9.06. The van der Waals surface area contributed by atoms with E-state index in [-0.39, 0.29) is 0 Å². The van der Waals surface area contributed by atoms with Gasteiger partial charge in [0.25, 0.3) is 0 Å². The number of hydrogen-bond acceptors (Lipinski definition) is 3. The van der Waals surface area contributed by atoms with Gasteiger partial charge in [0.1, 0.15) is 5.82 Å². The molecule has 3 fully saturated rings. The number of aromatic nitrogens is 2. The van der Waals surface area contributed by atoms with E-state index in [1.165, 1.54) is 49.9 Å². The highest BCUT2D eigenvalue weighted by Gasteiger charge is 2.37. The highest BCUT2D eigenvalue weighted by atomic mass is 32.2. The Balaban J connectivity index is 1.26. The molecule has 5 heteroatoms. The summed E-state index contributed by atoms with van der Waals surface area (Å²) in [5, 5.41) is 0.722. The molecule has 4 nitrogen and oxygen atoms in total. The summed E-state index contributed by atoms with van der Waals surface area (Å²) in [4.78, 5) is 19.4. The van der Waals surface area contributed by atoms with Gasteiger partial charge in [-0.05, 0) is 37.8 Å². The van der Waals surface area contributed by atoms with Crippen LogP contribution in [0.5, 0.6) is 0 Å². The van der Waals surface area contributed by atoms with Crippen LogP contribution in [0.1, 0.15) is 56.3 Å². The Hall–Kier alpha value is -1.49. The minimum absolute atomic E-state index is 0.325. The molecule has 2 saturated carbocycles. The van der Waals surface area contributed by atoms with Crippen molar-refractivity contribution in [3.05, 3.63) is 30.1 Å². The van der Waals surface area contributed by atoms with Crippen molar-refractivity contribution in [1.82, 2.24) is 14.5 Å². The zero-order valence-electron chi connectivity index (χ0n) is 14.6. The summed E-state index contributed by atoms with van der Waals surface area (Å²) in [5.74, 6) is 2.87. The molecule has 0 spiro atoms. The summed E-state index contributed by atoms with van der Waals surface area (Å²) in [7, 11) is 0. The molecule has 132 valence electrons. The SMILES string of the molecule is O=C(CSC1CCCC1)N1CC(n2c(C3CC3)nc3ccccc32)C1. The summed E-state index contributed by atoms with van der Waals surface area (Å²) in [6, 6.07) is 8.85. The lowest BCUT2D eigenvalue weighted by atomic mass is 10.1. The van der Waals surface area contributed by atoms with E-state index in [9.17, 15) is 4.79 Å². The Morgan fingerprint density at radius 2 is 1.88 bits per heavy atom. The molecule has 3 aliphatic rings. The van der Waals surface area contributed by atoms with Crippen molar-refractivity contribution >= 4 is 28.7 Å². The predicted octanol–water partition coefficient (Wildman–Crippen LogP) is 3.97. The third kappa shape index (κ3) is 2.97. The number of carbonyl (C=O) groups is 1. The van der Waals surface area contributed by atoms with Gasteiger partial charge in [-0.2, -0.15) is 0 Å². The van der Waals surface area contributed by atoms with Crippen molar-refractivity contribution in [1.29, 1.82) is 0 Å². The number of amides is 1. The standard InChI is InChI=1S/C20H25N3OS/c24-19(13-25-16-5-1-2-6-16)22-11-15(12-22)23-18-8-4-3-7-17(18)21-20(23)14-9-10-14/h3-4,7-8,14-16H,1-2,5-6,9-13H2. The number of benzene rings is 1. The molecule has 0 unspecified atom stereocenters. The zero-order chi connectivity index (χ0) is 16.8. The second kappa shape index (κ2) is 6.35. The first-order valence-electron chi connectivity index (χ1n) is 9.66. The maximum absolute atomic E-state index is 12.5. The van der Waals surface area contributed by atoms with Crippen molar-refractivity contribution in [2.24, 2.45) is 0 Å². The van der Waals surface area contributed by atoms with Gasteiger partial charge in [-0.15, -0.1) is 11.8 Å². The lowest BCUT2D eigenvalue weighted by Crippen LogP contribution is -2.51. The maximum atomic E-state index is 12.5. The zero-order valence-corrected chi connectivity index (χ0v) is 15.4. The van der Waals surface area contributed by atoms with Gasteiger partial charge in [0, 0.05) is 24.3 Å². The van der Waals surface area contributed by atoms with E-state index in [4.69, 9.17) is 4.98 Å². The molecule has 2 aliphatic carbocycles. The van der Waals surface area contributed by atoms with Crippen molar-refractivity contribution in [3.8, 4) is 0 Å². The van der Waals surface area contributed by atoms with Crippen LogP contribution >= 0.6 is 11.8 Å². The molecule has 1 aliphatic heterocycles. The van der Waals surface area contributed by atoms with E-state index in [1.807, 2.05) is 16.7 Å². The number of para-hydroxylation sites is 2. The summed E-state index contributed by atoms with van der Waals surface area (Å²) in [5.41, 5.74) is 2.34. The molecule has 0 N–H and O–H groups in total. The summed E-state index contributed by atoms with van der Waals surface area (Å²) in [6.07, 6.45) is 7.80. The van der Waals surface area contributed by atoms with E-state index in [1.54, 1.807) is 0 Å². The van der Waals surface area contributed by atoms with Crippen LogP contribution in [0.25, 0.3) is 11.0 Å². The van der Waals surface area contributed by atoms with Crippen LogP contribution in [-0.2, 0) is 4.79 Å². The van der Waals surface area contributed by atoms with Gasteiger partial charge in [0.05, 0.1) is 22.8 Å². The van der Waals surface area contributed by atoms with E-state index in [0.29, 0.717) is 23.6 Å². The average Bonchev–Trinajstić information content (AvgIpc) is 3.16. The molecule has 0 atom stereocenters. The first kappa shape index (κ1) is 15.7. The lowest BCUT2D eigenvalue weighted by Gasteiger charge is -2.41. The number of nitrogens with zero attached hydrogens (tertiary/aromatic N) is 3. The molecule has 1 aromatic heterocycles. The highest BCUT2D eigenvalue weighted by molar-refractivity contribution is 8.00. The maximum Gasteiger partial charge on any atom is 0.232 e.